The van der Waals surface area contributed by atoms with Crippen LogP contribution in [0.3, 0.4) is 0 Å². The number of hydrogen-bond acceptors (Lipinski definition) is 2. The fraction of sp³-hybridized carbons (Fsp3) is 0.462. The molecule has 1 atom stereocenters. The smallest absolute Gasteiger partial charge is 0.397 e. The molecule has 2 rings (SSSR count). The fourth-order valence-electron chi connectivity index (χ4n) is 2.07. The van der Waals surface area contributed by atoms with Crippen LogP contribution in [0.4, 0.5) is 13.2 Å². The SMILES string of the molecule is O=C(CC(F)(F)F)N1CC[C@@H](Oc2cccc(Cl)c2)C1. The molecule has 0 radical (unpaired) electrons. The van der Waals surface area contributed by atoms with Crippen molar-refractivity contribution in [2.24, 2.45) is 0 Å². The molecule has 1 amide bonds. The minimum absolute atomic E-state index is 0.168. The summed E-state index contributed by atoms with van der Waals surface area (Å²) in [5, 5.41) is 0.519. The van der Waals surface area contributed by atoms with Gasteiger partial charge in [-0.05, 0) is 18.2 Å². The van der Waals surface area contributed by atoms with E-state index >= 15 is 0 Å². The van der Waals surface area contributed by atoms with Gasteiger partial charge in [-0.2, -0.15) is 13.2 Å². The summed E-state index contributed by atoms with van der Waals surface area (Å²) in [6, 6.07) is 6.76. The van der Waals surface area contributed by atoms with E-state index in [2.05, 4.69) is 0 Å². The van der Waals surface area contributed by atoms with Gasteiger partial charge < -0.3 is 9.64 Å². The van der Waals surface area contributed by atoms with Crippen molar-refractivity contribution in [3.63, 3.8) is 0 Å². The molecular formula is C13H13ClF3NO2. The predicted octanol–water partition coefficient (Wildman–Crippen LogP) is 3.27. The Morgan fingerprint density at radius 1 is 1.45 bits per heavy atom. The number of carbonyl (C=O) groups excluding carboxylic acids is 1. The van der Waals surface area contributed by atoms with Crippen LogP contribution in [-0.2, 0) is 4.79 Å². The van der Waals surface area contributed by atoms with Gasteiger partial charge in [-0.1, -0.05) is 17.7 Å². The van der Waals surface area contributed by atoms with Crippen molar-refractivity contribution in [2.75, 3.05) is 13.1 Å². The van der Waals surface area contributed by atoms with Crippen LogP contribution in [0, 0.1) is 0 Å². The van der Waals surface area contributed by atoms with E-state index in [1.54, 1.807) is 24.3 Å². The second-order valence-corrected chi connectivity index (χ2v) is 5.05. The van der Waals surface area contributed by atoms with Gasteiger partial charge in [-0.3, -0.25) is 4.79 Å². The van der Waals surface area contributed by atoms with E-state index in [9.17, 15) is 18.0 Å². The highest BCUT2D eigenvalue weighted by Gasteiger charge is 2.36. The maximum Gasteiger partial charge on any atom is 0.397 e. The first-order valence-corrected chi connectivity index (χ1v) is 6.48. The third-order valence-electron chi connectivity index (χ3n) is 2.95. The van der Waals surface area contributed by atoms with Crippen molar-refractivity contribution in [3.05, 3.63) is 29.3 Å². The quantitative estimate of drug-likeness (QED) is 0.858. The second-order valence-electron chi connectivity index (χ2n) is 4.62. The Morgan fingerprint density at radius 2 is 2.20 bits per heavy atom. The fourth-order valence-corrected chi connectivity index (χ4v) is 2.25. The number of nitrogens with zero attached hydrogens (tertiary/aromatic N) is 1. The van der Waals surface area contributed by atoms with Crippen molar-refractivity contribution >= 4 is 17.5 Å². The van der Waals surface area contributed by atoms with Crippen LogP contribution in [0.1, 0.15) is 12.8 Å². The van der Waals surface area contributed by atoms with E-state index in [4.69, 9.17) is 16.3 Å². The lowest BCUT2D eigenvalue weighted by molar-refractivity contribution is -0.160. The molecule has 1 aromatic rings. The summed E-state index contributed by atoms with van der Waals surface area (Å²) < 4.78 is 42.1. The van der Waals surface area contributed by atoms with E-state index < -0.39 is 18.5 Å². The maximum absolute atomic E-state index is 12.2. The molecular weight excluding hydrogens is 295 g/mol. The highest BCUT2D eigenvalue weighted by Crippen LogP contribution is 2.25. The largest absolute Gasteiger partial charge is 0.488 e. The Balaban J connectivity index is 1.88. The van der Waals surface area contributed by atoms with Gasteiger partial charge in [0.25, 0.3) is 0 Å². The van der Waals surface area contributed by atoms with Crippen molar-refractivity contribution < 1.29 is 22.7 Å². The number of halogens is 4. The number of rotatable bonds is 3. The van der Waals surface area contributed by atoms with Gasteiger partial charge in [-0.25, -0.2) is 0 Å². The van der Waals surface area contributed by atoms with Gasteiger partial charge in [-0.15, -0.1) is 0 Å². The molecule has 0 aliphatic carbocycles. The van der Waals surface area contributed by atoms with Crippen molar-refractivity contribution in [1.29, 1.82) is 0 Å². The van der Waals surface area contributed by atoms with Gasteiger partial charge in [0.15, 0.2) is 0 Å². The number of ether oxygens (including phenoxy) is 1. The zero-order valence-electron chi connectivity index (χ0n) is 10.5. The molecule has 20 heavy (non-hydrogen) atoms. The first kappa shape index (κ1) is 15.0. The molecule has 0 bridgehead atoms. The summed E-state index contributed by atoms with van der Waals surface area (Å²) in [6.45, 7) is 0.446. The molecule has 1 aliphatic rings. The molecule has 1 aromatic carbocycles. The number of benzene rings is 1. The molecule has 0 spiro atoms. The summed E-state index contributed by atoms with van der Waals surface area (Å²) in [6.07, 6.45) is -5.68. The minimum atomic E-state index is -4.47. The van der Waals surface area contributed by atoms with Crippen LogP contribution < -0.4 is 4.74 Å². The Labute approximate surface area is 119 Å². The first-order chi connectivity index (χ1) is 9.33. The number of carbonyl (C=O) groups is 1. The average Bonchev–Trinajstić information content (AvgIpc) is 2.75. The van der Waals surface area contributed by atoms with Crippen molar-refractivity contribution in [3.8, 4) is 5.75 Å². The number of hydrogen-bond donors (Lipinski definition) is 0. The van der Waals surface area contributed by atoms with Crippen LogP contribution in [0.5, 0.6) is 5.75 Å². The zero-order chi connectivity index (χ0) is 14.8. The first-order valence-electron chi connectivity index (χ1n) is 6.10. The normalized spacial score (nSPS) is 19.2. The van der Waals surface area contributed by atoms with Crippen LogP contribution >= 0.6 is 11.6 Å². The molecule has 0 N–H and O–H groups in total. The summed E-state index contributed by atoms with van der Waals surface area (Å²) >= 11 is 5.81. The molecule has 1 fully saturated rings. The van der Waals surface area contributed by atoms with E-state index in [1.807, 2.05) is 0 Å². The maximum atomic E-state index is 12.2. The van der Waals surface area contributed by atoms with Gasteiger partial charge in [0.2, 0.25) is 5.91 Å². The Morgan fingerprint density at radius 3 is 2.85 bits per heavy atom. The van der Waals surface area contributed by atoms with E-state index in [1.165, 1.54) is 4.90 Å². The molecule has 7 heteroatoms. The number of amides is 1. The second kappa shape index (κ2) is 5.91. The summed E-state index contributed by atoms with van der Waals surface area (Å²) in [4.78, 5) is 12.6. The third kappa shape index (κ3) is 4.30. The van der Waals surface area contributed by atoms with Crippen molar-refractivity contribution in [1.82, 2.24) is 4.90 Å². The Bertz CT molecular complexity index is 493. The lowest BCUT2D eigenvalue weighted by atomic mass is 10.3. The van der Waals surface area contributed by atoms with Gasteiger partial charge in [0, 0.05) is 18.0 Å². The molecule has 3 nitrogen and oxygen atoms in total. The number of likely N-dealkylation sites (tertiary alicyclic amines) is 1. The molecule has 0 saturated carbocycles. The molecule has 0 unspecified atom stereocenters. The Kier molecular flexibility index (Phi) is 4.42. The van der Waals surface area contributed by atoms with Gasteiger partial charge >= 0.3 is 6.18 Å². The topological polar surface area (TPSA) is 29.5 Å². The highest BCUT2D eigenvalue weighted by molar-refractivity contribution is 6.30. The van der Waals surface area contributed by atoms with E-state index in [-0.39, 0.29) is 19.2 Å². The monoisotopic (exact) mass is 307 g/mol. The van der Waals surface area contributed by atoms with Gasteiger partial charge in [0.05, 0.1) is 6.54 Å². The third-order valence-corrected chi connectivity index (χ3v) is 3.18. The molecule has 1 heterocycles. The van der Waals surface area contributed by atoms with Crippen LogP contribution in [0.25, 0.3) is 0 Å². The summed E-state index contributed by atoms with van der Waals surface area (Å²) in [5.74, 6) is -0.359. The lowest BCUT2D eigenvalue weighted by Gasteiger charge is -2.18. The Hall–Kier alpha value is -1.43. The predicted molar refractivity (Wildman–Crippen MR) is 67.7 cm³/mol. The van der Waals surface area contributed by atoms with Crippen LogP contribution in [0.15, 0.2) is 24.3 Å². The standard InChI is InChI=1S/C13H13ClF3NO2/c14-9-2-1-3-10(6-9)20-11-4-5-18(8-11)12(19)7-13(15,16)17/h1-3,6,11H,4-5,7-8H2/t11-/m1/s1. The molecule has 110 valence electrons. The highest BCUT2D eigenvalue weighted by atomic mass is 35.5. The summed E-state index contributed by atoms with van der Waals surface area (Å²) in [5.41, 5.74) is 0. The summed E-state index contributed by atoms with van der Waals surface area (Å²) in [7, 11) is 0. The van der Waals surface area contributed by atoms with Crippen molar-refractivity contribution in [2.45, 2.75) is 25.1 Å². The minimum Gasteiger partial charge on any atom is -0.488 e. The average molecular weight is 308 g/mol. The van der Waals surface area contributed by atoms with Crippen LogP contribution in [0.2, 0.25) is 5.02 Å². The lowest BCUT2D eigenvalue weighted by Crippen LogP contribution is -2.33. The zero-order valence-corrected chi connectivity index (χ0v) is 11.2. The number of alkyl halides is 3. The van der Waals surface area contributed by atoms with Crippen LogP contribution in [-0.4, -0.2) is 36.2 Å². The molecule has 0 aromatic heterocycles. The van der Waals surface area contributed by atoms with E-state index in [0.29, 0.717) is 17.2 Å². The van der Waals surface area contributed by atoms with Gasteiger partial charge in [0.1, 0.15) is 18.3 Å². The molecule has 1 aliphatic heterocycles. The van der Waals surface area contributed by atoms with E-state index in [0.717, 1.165) is 0 Å². The molecule has 1 saturated heterocycles.